The summed E-state index contributed by atoms with van der Waals surface area (Å²) in [5, 5.41) is 83.3. The lowest BCUT2D eigenvalue weighted by Gasteiger charge is -2.31. The quantitative estimate of drug-likeness (QED) is 0.0419. The standard InChI is InChI=1S/3C22H28N4O3.C18H20BrN3O2.C5H10O/c3*1-6-28-15-10-16-12(2)7-18(24-19(16)17(11-15)22(3,4)5)20-25-26-21(29-20)23-13-8-14(27)9-13;1-6-23-11-8-12-10(2)7-14(16-21-22-17(19)24-16)20-15(12)13(9-11)18(3,4)5;1-4-2-5(6)3-4/h3*7,10-11,13-14,27H,6,8-9H2,1-5H3,(H,23,26);7-9H,6H2,1-5H3;4-6H,2-3H2,1H3. The first-order valence-electron chi connectivity index (χ1n) is 40.7. The number of nitrogens with one attached hydrogen (secondary N) is 3. The van der Waals surface area contributed by atoms with Crippen molar-refractivity contribution in [3.63, 3.8) is 0 Å². The molecule has 4 aromatic carbocycles. The number of hydrogen-bond donors (Lipinski definition) is 7. The molecule has 8 aromatic heterocycles. The number of aliphatic hydroxyl groups excluding tert-OH is 4. The van der Waals surface area contributed by atoms with Gasteiger partial charge in [0.2, 0.25) is 0 Å². The first kappa shape index (κ1) is 86.3. The van der Waals surface area contributed by atoms with Crippen molar-refractivity contribution in [2.75, 3.05) is 42.4 Å². The van der Waals surface area contributed by atoms with Gasteiger partial charge in [0.1, 0.15) is 45.8 Å². The van der Waals surface area contributed by atoms with Crippen LogP contribution in [-0.2, 0) is 21.7 Å². The Labute approximate surface area is 692 Å². The lowest BCUT2D eigenvalue weighted by atomic mass is 9.84. The fourth-order valence-electron chi connectivity index (χ4n) is 14.5. The summed E-state index contributed by atoms with van der Waals surface area (Å²) in [5.74, 6) is 5.77. The molecule has 4 aliphatic rings. The van der Waals surface area contributed by atoms with Crippen molar-refractivity contribution in [1.29, 1.82) is 0 Å². The van der Waals surface area contributed by atoms with Crippen LogP contribution in [0.2, 0.25) is 0 Å². The number of ether oxygens (including phenoxy) is 4. The van der Waals surface area contributed by atoms with Crippen molar-refractivity contribution in [1.82, 2.24) is 60.7 Å². The number of nitrogens with zero attached hydrogens (tertiary/aromatic N) is 12. The van der Waals surface area contributed by atoms with E-state index in [1.165, 1.54) is 0 Å². The maximum absolute atomic E-state index is 9.43. The van der Waals surface area contributed by atoms with Gasteiger partial charge in [0, 0.05) is 55.6 Å². The fourth-order valence-corrected chi connectivity index (χ4v) is 14.8. The second-order valence-corrected chi connectivity index (χ2v) is 35.9. The molecule has 8 heterocycles. The third-order valence-electron chi connectivity index (χ3n) is 21.1. The minimum atomic E-state index is -0.239. The van der Waals surface area contributed by atoms with Gasteiger partial charge in [0.05, 0.1) is 72.9 Å². The highest BCUT2D eigenvalue weighted by Crippen LogP contribution is 2.42. The Balaban J connectivity index is 0.000000140. The summed E-state index contributed by atoms with van der Waals surface area (Å²) in [6, 6.07) is 25.9. The smallest absolute Gasteiger partial charge is 0.316 e. The molecular weight excluding hydrogens is 1550 g/mol. The zero-order valence-electron chi connectivity index (χ0n) is 71.3. The SMILES string of the molecule is CC1CC(O)C1.CCOc1cc(C(C)(C)C)c2nc(-c3nnc(Br)o3)cc(C)c2c1.CCOc1cc(C(C)(C)C)c2nc(-c3nnc(NC4CC(O)C4)o3)cc(C)c2c1.CCOc1cc(C(C)(C)C)c2nc(-c3nnc(NC4CC(O)C4)o3)cc(C)c2c1.CCOc1cc(C(C)(C)C)c2nc(-c3nnc(NC4CC(O)C4)o3)cc(C)c2c1. The minimum absolute atomic E-state index is 0.0417. The Kier molecular flexibility index (Phi) is 26.3. The highest BCUT2D eigenvalue weighted by atomic mass is 79.9. The molecule has 0 aliphatic heterocycles. The Bertz CT molecular complexity index is 5050. The van der Waals surface area contributed by atoms with E-state index >= 15 is 0 Å². The lowest BCUT2D eigenvalue weighted by Crippen LogP contribution is -2.39. The number of aliphatic hydroxyl groups is 4. The second-order valence-electron chi connectivity index (χ2n) is 35.2. The van der Waals surface area contributed by atoms with Crippen LogP contribution in [-0.4, -0.2) is 150 Å². The van der Waals surface area contributed by atoms with E-state index in [1.807, 2.05) is 76.2 Å². The summed E-state index contributed by atoms with van der Waals surface area (Å²) in [5.41, 5.74) is 14.8. The van der Waals surface area contributed by atoms with Crippen molar-refractivity contribution in [2.45, 2.75) is 261 Å². The summed E-state index contributed by atoms with van der Waals surface area (Å²) >= 11 is 3.19. The molecule has 0 radical (unpaired) electrons. The number of benzene rings is 4. The molecular formula is C89H114BrN15O12. The number of anilines is 3. The number of aromatic nitrogens is 12. The predicted molar refractivity (Wildman–Crippen MR) is 459 cm³/mol. The van der Waals surface area contributed by atoms with Crippen molar-refractivity contribution in [2.24, 2.45) is 5.92 Å². The number of halogens is 1. The molecule has 4 aliphatic carbocycles. The van der Waals surface area contributed by atoms with E-state index in [9.17, 15) is 15.3 Å². The van der Waals surface area contributed by atoms with Gasteiger partial charge in [-0.25, -0.2) is 19.9 Å². The summed E-state index contributed by atoms with van der Waals surface area (Å²) in [6.07, 6.45) is 5.56. The Morgan fingerprint density at radius 3 is 0.761 bits per heavy atom. The topological polar surface area (TPSA) is 361 Å². The Hall–Kier alpha value is -10.0. The first-order valence-corrected chi connectivity index (χ1v) is 41.5. The zero-order chi connectivity index (χ0) is 84.3. The van der Waals surface area contributed by atoms with Crippen molar-refractivity contribution < 1.29 is 57.0 Å². The molecule has 4 fully saturated rings. The molecule has 0 bridgehead atoms. The highest BCUT2D eigenvalue weighted by Gasteiger charge is 2.33. The molecule has 0 spiro atoms. The van der Waals surface area contributed by atoms with Crippen LogP contribution >= 0.6 is 15.9 Å². The number of pyridine rings is 4. The third kappa shape index (κ3) is 20.9. The van der Waals surface area contributed by atoms with E-state index < -0.39 is 0 Å². The molecule has 0 unspecified atom stereocenters. The highest BCUT2D eigenvalue weighted by molar-refractivity contribution is 9.10. The van der Waals surface area contributed by atoms with Crippen molar-refractivity contribution in [3.8, 4) is 69.3 Å². The van der Waals surface area contributed by atoms with Gasteiger partial charge in [-0.05, 0) is 252 Å². The van der Waals surface area contributed by atoms with Gasteiger partial charge in [-0.1, -0.05) is 105 Å². The molecule has 0 atom stereocenters. The van der Waals surface area contributed by atoms with Crippen LogP contribution < -0.4 is 34.9 Å². The van der Waals surface area contributed by atoms with Gasteiger partial charge in [-0.15, -0.1) is 25.5 Å². The van der Waals surface area contributed by atoms with E-state index in [4.69, 9.17) is 61.7 Å². The molecule has 0 saturated heterocycles. The van der Waals surface area contributed by atoms with Crippen LogP contribution in [0, 0.1) is 33.6 Å². The van der Waals surface area contributed by atoms with Gasteiger partial charge in [0.25, 0.3) is 28.4 Å². The van der Waals surface area contributed by atoms with Gasteiger partial charge >= 0.3 is 18.0 Å². The summed E-state index contributed by atoms with van der Waals surface area (Å²) in [7, 11) is 0. The number of rotatable bonds is 18. The van der Waals surface area contributed by atoms with E-state index in [2.05, 4.69) is 215 Å². The Morgan fingerprint density at radius 2 is 0.573 bits per heavy atom. The normalized spacial score (nSPS) is 19.1. The van der Waals surface area contributed by atoms with Gasteiger partial charge in [0.15, 0.2) is 0 Å². The van der Waals surface area contributed by atoms with Crippen molar-refractivity contribution in [3.05, 3.63) is 122 Å². The molecule has 624 valence electrons. The molecule has 7 N–H and O–H groups in total. The number of fused-ring (bicyclic) bond motifs is 4. The monoisotopic (exact) mass is 1660 g/mol. The Morgan fingerprint density at radius 1 is 0.342 bits per heavy atom. The number of hydrogen-bond acceptors (Lipinski definition) is 27. The van der Waals surface area contributed by atoms with E-state index in [0.29, 0.717) is 134 Å². The molecule has 28 heteroatoms. The number of aryl methyl sites for hydroxylation is 4. The van der Waals surface area contributed by atoms with Gasteiger partial charge in [-0.3, -0.25) is 0 Å². The van der Waals surface area contributed by atoms with Crippen molar-refractivity contribution >= 4 is 77.6 Å². The zero-order valence-corrected chi connectivity index (χ0v) is 72.9. The molecule has 0 amide bonds. The molecule has 16 rings (SSSR count). The van der Waals surface area contributed by atoms with E-state index in [-0.39, 0.29) is 64.2 Å². The minimum Gasteiger partial charge on any atom is -0.494 e. The average Bonchev–Trinajstić information content (AvgIpc) is 1.75. The van der Waals surface area contributed by atoms with Gasteiger partial charge in [-0.2, -0.15) is 0 Å². The van der Waals surface area contributed by atoms with Crippen LogP contribution in [0.5, 0.6) is 23.0 Å². The third-order valence-corrected chi connectivity index (χ3v) is 21.4. The van der Waals surface area contributed by atoms with Crippen LogP contribution in [0.15, 0.2) is 95.3 Å². The van der Waals surface area contributed by atoms with Crippen LogP contribution in [0.4, 0.5) is 18.0 Å². The molecule has 12 aromatic rings. The molecule has 4 saturated carbocycles. The maximum Gasteiger partial charge on any atom is 0.316 e. The molecule has 117 heavy (non-hydrogen) atoms. The first-order chi connectivity index (χ1) is 55.3. The summed E-state index contributed by atoms with van der Waals surface area (Å²) < 4.78 is 46.0. The largest absolute Gasteiger partial charge is 0.494 e. The van der Waals surface area contributed by atoms with Gasteiger partial charge < -0.3 is 73.0 Å². The summed E-state index contributed by atoms with van der Waals surface area (Å²) in [4.78, 5) is 19.8. The lowest BCUT2D eigenvalue weighted by molar-refractivity contribution is 0.0513. The average molecular weight is 1670 g/mol. The predicted octanol–water partition coefficient (Wildman–Crippen LogP) is 18.5. The molecule has 27 nitrogen and oxygen atoms in total. The maximum atomic E-state index is 9.43. The van der Waals surface area contributed by atoms with E-state index in [0.717, 1.165) is 130 Å². The van der Waals surface area contributed by atoms with Crippen LogP contribution in [0.3, 0.4) is 0 Å². The second kappa shape index (κ2) is 35.7. The van der Waals surface area contributed by atoms with Crippen LogP contribution in [0.1, 0.15) is 214 Å². The fraction of sp³-hybridized carbons (Fsp3) is 0.506. The van der Waals surface area contributed by atoms with E-state index in [1.54, 1.807) is 0 Å². The van der Waals surface area contributed by atoms with Crippen LogP contribution in [0.25, 0.3) is 90.0 Å². The summed E-state index contributed by atoms with van der Waals surface area (Å²) in [6.45, 7) is 46.9.